The summed E-state index contributed by atoms with van der Waals surface area (Å²) in [5, 5.41) is 10.4. The highest BCUT2D eigenvalue weighted by molar-refractivity contribution is 6.34. The molecule has 2 heteroatoms. The zero-order chi connectivity index (χ0) is 27.1. The molecule has 1 aliphatic carbocycles. The average molecular weight is 525 g/mol. The van der Waals surface area contributed by atoms with E-state index < -0.39 is 0 Å². The molecule has 0 fully saturated rings. The first-order valence-corrected chi connectivity index (χ1v) is 14.4. The van der Waals surface area contributed by atoms with Crippen LogP contribution in [0.1, 0.15) is 13.3 Å². The van der Waals surface area contributed by atoms with E-state index in [0.717, 1.165) is 6.42 Å². The van der Waals surface area contributed by atoms with Crippen molar-refractivity contribution in [3.05, 3.63) is 140 Å². The molecule has 2 aromatic heterocycles. The first-order valence-electron chi connectivity index (χ1n) is 14.4. The van der Waals surface area contributed by atoms with Crippen LogP contribution in [0.4, 0.5) is 0 Å². The molecule has 41 heavy (non-hydrogen) atoms. The molecular formula is C39H28N2. The van der Waals surface area contributed by atoms with Gasteiger partial charge in [-0.25, -0.2) is 0 Å². The molecule has 0 N–H and O–H groups in total. The summed E-state index contributed by atoms with van der Waals surface area (Å²) < 4.78 is 5.16. The maximum Gasteiger partial charge on any atom is 0.0785 e. The second-order valence-electron chi connectivity index (χ2n) is 11.5. The molecule has 194 valence electrons. The lowest BCUT2D eigenvalue weighted by Crippen LogP contribution is -2.28. The lowest BCUT2D eigenvalue weighted by molar-refractivity contribution is 0.439. The number of fused-ring (bicyclic) bond motifs is 12. The minimum absolute atomic E-state index is 0.230. The highest BCUT2D eigenvalue weighted by Crippen LogP contribution is 2.48. The molecular weight excluding hydrogens is 496 g/mol. The number of benzene rings is 6. The number of rotatable bonds is 2. The molecule has 1 aliphatic rings. The summed E-state index contributed by atoms with van der Waals surface area (Å²) >= 11 is 0. The zero-order valence-corrected chi connectivity index (χ0v) is 22.9. The Morgan fingerprint density at radius 1 is 0.512 bits per heavy atom. The summed E-state index contributed by atoms with van der Waals surface area (Å²) in [5.41, 5.74) is 6.06. The molecule has 2 heterocycles. The van der Waals surface area contributed by atoms with Gasteiger partial charge in [0.15, 0.2) is 0 Å². The second-order valence-corrected chi connectivity index (χ2v) is 11.5. The van der Waals surface area contributed by atoms with E-state index >= 15 is 0 Å². The van der Waals surface area contributed by atoms with E-state index in [-0.39, 0.29) is 5.54 Å². The Bertz CT molecular complexity index is 2400. The van der Waals surface area contributed by atoms with Crippen molar-refractivity contribution in [1.29, 1.82) is 0 Å². The largest absolute Gasteiger partial charge is 0.328 e. The van der Waals surface area contributed by atoms with Gasteiger partial charge in [-0.1, -0.05) is 121 Å². The normalized spacial score (nSPS) is 17.2. The highest BCUT2D eigenvalue weighted by Gasteiger charge is 2.31. The average Bonchev–Trinajstić information content (AvgIpc) is 3.56. The molecule has 1 atom stereocenters. The first-order chi connectivity index (χ1) is 20.2. The van der Waals surface area contributed by atoms with E-state index in [2.05, 4.69) is 156 Å². The third-order valence-electron chi connectivity index (χ3n) is 9.19. The maximum atomic E-state index is 2.67. The SMILES string of the molecule is CC1(n2c3c4ccccc4c4ccccc4c3c3ccc4c5ccccc5n(-c5ccccc5)c4c32)C=CC=CC1. The smallest absolute Gasteiger partial charge is 0.0785 e. The van der Waals surface area contributed by atoms with Crippen molar-refractivity contribution in [2.75, 3.05) is 0 Å². The number of aromatic nitrogens is 2. The molecule has 0 saturated heterocycles. The van der Waals surface area contributed by atoms with Crippen molar-refractivity contribution >= 4 is 65.2 Å². The van der Waals surface area contributed by atoms with Crippen LogP contribution < -0.4 is 0 Å². The monoisotopic (exact) mass is 524 g/mol. The minimum atomic E-state index is -0.230. The molecule has 0 aliphatic heterocycles. The van der Waals surface area contributed by atoms with Gasteiger partial charge in [-0.05, 0) is 47.7 Å². The van der Waals surface area contributed by atoms with Crippen LogP contribution in [0.15, 0.2) is 140 Å². The lowest BCUT2D eigenvalue weighted by atomic mass is 9.92. The zero-order valence-electron chi connectivity index (χ0n) is 22.9. The fourth-order valence-corrected chi connectivity index (χ4v) is 7.45. The van der Waals surface area contributed by atoms with Gasteiger partial charge in [0.1, 0.15) is 0 Å². The van der Waals surface area contributed by atoms with Crippen molar-refractivity contribution in [2.24, 2.45) is 0 Å². The van der Waals surface area contributed by atoms with E-state index in [1.54, 1.807) is 0 Å². The molecule has 8 aromatic rings. The number of hydrogen-bond donors (Lipinski definition) is 0. The molecule has 0 spiro atoms. The van der Waals surface area contributed by atoms with Crippen LogP contribution in [0.5, 0.6) is 0 Å². The standard InChI is InChI=1S/C39H28N2/c1-39(24-12-3-13-25-39)41-36-31-20-9-7-17-28(31)27-16-6-8-19-30(27)35(36)33-23-22-32-29-18-10-11-21-34(29)40(37(32)38(33)41)26-14-4-2-5-15-26/h2-24H,25H2,1H3. The molecule has 6 aromatic carbocycles. The Balaban J connectivity index is 1.65. The summed E-state index contributed by atoms with van der Waals surface area (Å²) in [6.07, 6.45) is 10.0. The van der Waals surface area contributed by atoms with Gasteiger partial charge in [-0.15, -0.1) is 0 Å². The third kappa shape index (κ3) is 2.97. The number of allylic oxidation sites excluding steroid dienone is 4. The highest BCUT2D eigenvalue weighted by atomic mass is 15.1. The summed E-state index contributed by atoms with van der Waals surface area (Å²) in [6, 6.07) is 42.3. The number of para-hydroxylation sites is 2. The van der Waals surface area contributed by atoms with Crippen LogP contribution in [0.25, 0.3) is 70.8 Å². The van der Waals surface area contributed by atoms with Crippen molar-refractivity contribution < 1.29 is 0 Å². The van der Waals surface area contributed by atoms with Gasteiger partial charge in [-0.3, -0.25) is 0 Å². The van der Waals surface area contributed by atoms with Crippen LogP contribution >= 0.6 is 0 Å². The topological polar surface area (TPSA) is 9.86 Å². The predicted octanol–water partition coefficient (Wildman–Crippen LogP) is 10.4. The summed E-state index contributed by atoms with van der Waals surface area (Å²) in [7, 11) is 0. The van der Waals surface area contributed by atoms with Crippen molar-refractivity contribution in [2.45, 2.75) is 18.9 Å². The van der Waals surface area contributed by atoms with E-state index in [9.17, 15) is 0 Å². The summed E-state index contributed by atoms with van der Waals surface area (Å²) in [5.74, 6) is 0. The van der Waals surface area contributed by atoms with Gasteiger partial charge < -0.3 is 9.13 Å². The molecule has 9 rings (SSSR count). The Hall–Kier alpha value is -5.08. The lowest BCUT2D eigenvalue weighted by Gasteiger charge is -2.32. The van der Waals surface area contributed by atoms with Gasteiger partial charge in [0.25, 0.3) is 0 Å². The molecule has 2 nitrogen and oxygen atoms in total. The summed E-state index contributed by atoms with van der Waals surface area (Å²) in [4.78, 5) is 0. The van der Waals surface area contributed by atoms with Crippen molar-refractivity contribution in [1.82, 2.24) is 9.13 Å². The Morgan fingerprint density at radius 3 is 1.88 bits per heavy atom. The van der Waals surface area contributed by atoms with E-state index in [0.29, 0.717) is 0 Å². The molecule has 0 radical (unpaired) electrons. The fraction of sp³-hybridized carbons (Fsp3) is 0.0769. The van der Waals surface area contributed by atoms with Gasteiger partial charge in [-0.2, -0.15) is 0 Å². The Labute approximate surface area is 238 Å². The van der Waals surface area contributed by atoms with Gasteiger partial charge in [0.05, 0.1) is 27.6 Å². The van der Waals surface area contributed by atoms with E-state index in [1.807, 2.05) is 0 Å². The van der Waals surface area contributed by atoms with Gasteiger partial charge in [0.2, 0.25) is 0 Å². The molecule has 0 bridgehead atoms. The van der Waals surface area contributed by atoms with Crippen LogP contribution in [-0.2, 0) is 5.54 Å². The molecule has 0 saturated carbocycles. The van der Waals surface area contributed by atoms with Crippen LogP contribution in [0.3, 0.4) is 0 Å². The van der Waals surface area contributed by atoms with Crippen molar-refractivity contribution in [3.8, 4) is 5.69 Å². The van der Waals surface area contributed by atoms with Crippen LogP contribution in [0.2, 0.25) is 0 Å². The van der Waals surface area contributed by atoms with Crippen LogP contribution in [-0.4, -0.2) is 9.13 Å². The Morgan fingerprint density at radius 2 is 1.12 bits per heavy atom. The van der Waals surface area contributed by atoms with Crippen LogP contribution in [0, 0.1) is 0 Å². The number of nitrogens with zero attached hydrogens (tertiary/aromatic N) is 2. The quantitative estimate of drug-likeness (QED) is 0.199. The number of hydrogen-bond acceptors (Lipinski definition) is 0. The third-order valence-corrected chi connectivity index (χ3v) is 9.19. The van der Waals surface area contributed by atoms with Gasteiger partial charge in [0, 0.05) is 32.6 Å². The predicted molar refractivity (Wildman–Crippen MR) is 175 cm³/mol. The molecule has 0 amide bonds. The molecule has 1 unspecified atom stereocenters. The Kier molecular flexibility index (Phi) is 4.55. The van der Waals surface area contributed by atoms with Gasteiger partial charge >= 0.3 is 0 Å². The second kappa shape index (κ2) is 8.22. The maximum absolute atomic E-state index is 2.67. The van der Waals surface area contributed by atoms with E-state index in [1.165, 1.54) is 70.8 Å². The summed E-state index contributed by atoms with van der Waals surface area (Å²) in [6.45, 7) is 2.39. The van der Waals surface area contributed by atoms with E-state index in [4.69, 9.17) is 0 Å². The van der Waals surface area contributed by atoms with Crippen molar-refractivity contribution in [3.63, 3.8) is 0 Å². The first kappa shape index (κ1) is 22.7. The fourth-order valence-electron chi connectivity index (χ4n) is 7.45. The minimum Gasteiger partial charge on any atom is -0.328 e.